The highest BCUT2D eigenvalue weighted by Crippen LogP contribution is 2.23. The molecule has 0 bridgehead atoms. The molecule has 0 radical (unpaired) electrons. The summed E-state index contributed by atoms with van der Waals surface area (Å²) in [6.45, 7) is 1.70. The van der Waals surface area contributed by atoms with Gasteiger partial charge in [-0.05, 0) is 19.1 Å². The molecule has 1 rings (SSSR count). The average Bonchev–Trinajstić information content (AvgIpc) is 2.24. The Kier molecular flexibility index (Phi) is 3.55. The third kappa shape index (κ3) is 2.16. The van der Waals surface area contributed by atoms with Crippen molar-refractivity contribution in [2.24, 2.45) is 0 Å². The number of carboxylic acid groups (broad SMARTS) is 1. The third-order valence-electron chi connectivity index (χ3n) is 1.79. The van der Waals surface area contributed by atoms with E-state index in [4.69, 9.17) is 9.84 Å². The van der Waals surface area contributed by atoms with E-state index in [0.717, 1.165) is 12.1 Å². The lowest BCUT2D eigenvalue weighted by Crippen LogP contribution is -2.15. The van der Waals surface area contributed by atoms with Crippen LogP contribution in [0.15, 0.2) is 12.1 Å². The number of halogens is 2. The molecule has 0 unspecified atom stereocenters. The van der Waals surface area contributed by atoms with Crippen LogP contribution in [0.3, 0.4) is 0 Å². The lowest BCUT2D eigenvalue weighted by Gasteiger charge is -2.06. The lowest BCUT2D eigenvalue weighted by atomic mass is 10.1. The van der Waals surface area contributed by atoms with E-state index in [2.05, 4.69) is 0 Å². The molecule has 0 fully saturated rings. The largest absolute Gasteiger partial charge is 0.491 e. The summed E-state index contributed by atoms with van der Waals surface area (Å²) in [6.07, 6.45) is 0. The number of ketones is 1. The second-order valence-corrected chi connectivity index (χ2v) is 2.81. The SMILES string of the molecule is CCOc1ccc(C(=O)C(=O)O)c(F)c1F. The minimum absolute atomic E-state index is 0.128. The van der Waals surface area contributed by atoms with E-state index in [1.807, 2.05) is 0 Å². The molecule has 0 spiro atoms. The molecule has 0 saturated carbocycles. The van der Waals surface area contributed by atoms with Gasteiger partial charge in [-0.3, -0.25) is 4.79 Å². The smallest absolute Gasteiger partial charge is 0.377 e. The molecule has 0 saturated heterocycles. The van der Waals surface area contributed by atoms with Crippen LogP contribution < -0.4 is 4.74 Å². The van der Waals surface area contributed by atoms with E-state index in [1.54, 1.807) is 6.92 Å². The molecule has 1 aromatic carbocycles. The fourth-order valence-corrected chi connectivity index (χ4v) is 1.09. The number of rotatable bonds is 4. The van der Waals surface area contributed by atoms with E-state index < -0.39 is 29.0 Å². The summed E-state index contributed by atoms with van der Waals surface area (Å²) in [7, 11) is 0. The normalized spacial score (nSPS) is 9.94. The monoisotopic (exact) mass is 230 g/mol. The molecule has 0 atom stereocenters. The molecule has 1 N–H and O–H groups in total. The Morgan fingerprint density at radius 1 is 1.31 bits per heavy atom. The minimum Gasteiger partial charge on any atom is -0.491 e. The summed E-state index contributed by atoms with van der Waals surface area (Å²) < 4.78 is 31.2. The lowest BCUT2D eigenvalue weighted by molar-refractivity contribution is -0.131. The Bertz CT molecular complexity index is 443. The van der Waals surface area contributed by atoms with Gasteiger partial charge in [0.2, 0.25) is 5.82 Å². The van der Waals surface area contributed by atoms with Crippen LogP contribution in [0.2, 0.25) is 0 Å². The molecule has 0 heterocycles. The molecule has 0 aliphatic heterocycles. The highest BCUT2D eigenvalue weighted by atomic mass is 19.2. The minimum atomic E-state index is -1.84. The topological polar surface area (TPSA) is 63.6 Å². The predicted octanol–water partition coefficient (Wildman–Crippen LogP) is 1.63. The van der Waals surface area contributed by atoms with Crippen molar-refractivity contribution in [3.63, 3.8) is 0 Å². The first kappa shape index (κ1) is 12.1. The van der Waals surface area contributed by atoms with Gasteiger partial charge in [-0.25, -0.2) is 9.18 Å². The molecule has 4 nitrogen and oxygen atoms in total. The fraction of sp³-hybridized carbons (Fsp3) is 0.200. The van der Waals surface area contributed by atoms with Gasteiger partial charge in [0, 0.05) is 0 Å². The van der Waals surface area contributed by atoms with Crippen LogP contribution in [-0.4, -0.2) is 23.5 Å². The zero-order valence-corrected chi connectivity index (χ0v) is 8.29. The molecule has 6 heteroatoms. The van der Waals surface area contributed by atoms with Crippen molar-refractivity contribution in [3.05, 3.63) is 29.3 Å². The fourth-order valence-electron chi connectivity index (χ4n) is 1.09. The Labute approximate surface area is 89.5 Å². The van der Waals surface area contributed by atoms with Crippen molar-refractivity contribution in [1.82, 2.24) is 0 Å². The summed E-state index contributed by atoms with van der Waals surface area (Å²) in [5, 5.41) is 8.35. The average molecular weight is 230 g/mol. The van der Waals surface area contributed by atoms with Crippen LogP contribution in [0, 0.1) is 11.6 Å². The molecule has 1 aromatic rings. The van der Waals surface area contributed by atoms with Crippen LogP contribution in [0.1, 0.15) is 17.3 Å². The van der Waals surface area contributed by atoms with Gasteiger partial charge in [0.15, 0.2) is 11.6 Å². The van der Waals surface area contributed by atoms with E-state index in [-0.39, 0.29) is 12.4 Å². The Balaban J connectivity index is 3.21. The van der Waals surface area contributed by atoms with Crippen molar-refractivity contribution in [2.45, 2.75) is 6.92 Å². The van der Waals surface area contributed by atoms with Crippen LogP contribution >= 0.6 is 0 Å². The van der Waals surface area contributed by atoms with Crippen molar-refractivity contribution in [2.75, 3.05) is 6.61 Å². The number of benzene rings is 1. The summed E-state index contributed by atoms with van der Waals surface area (Å²) in [5.74, 6) is -6.59. The van der Waals surface area contributed by atoms with Gasteiger partial charge in [0.1, 0.15) is 0 Å². The zero-order valence-electron chi connectivity index (χ0n) is 8.29. The van der Waals surface area contributed by atoms with Gasteiger partial charge < -0.3 is 9.84 Å². The molecular formula is C10H8F2O4. The van der Waals surface area contributed by atoms with Gasteiger partial charge in [-0.2, -0.15) is 4.39 Å². The molecule has 86 valence electrons. The third-order valence-corrected chi connectivity index (χ3v) is 1.79. The van der Waals surface area contributed by atoms with Gasteiger partial charge in [0.05, 0.1) is 12.2 Å². The number of carbonyl (C=O) groups excluding carboxylic acids is 1. The number of ether oxygens (including phenoxy) is 1. The van der Waals surface area contributed by atoms with Crippen LogP contribution in [0.4, 0.5) is 8.78 Å². The molecular weight excluding hydrogens is 222 g/mol. The van der Waals surface area contributed by atoms with E-state index in [1.165, 1.54) is 0 Å². The van der Waals surface area contributed by atoms with Gasteiger partial charge in [0.25, 0.3) is 5.78 Å². The summed E-state index contributed by atoms with van der Waals surface area (Å²) in [6, 6.07) is 1.89. The summed E-state index contributed by atoms with van der Waals surface area (Å²) in [5.41, 5.74) is -0.826. The first-order valence-corrected chi connectivity index (χ1v) is 4.37. The number of carbonyl (C=O) groups is 2. The van der Waals surface area contributed by atoms with Crippen LogP contribution in [0.25, 0.3) is 0 Å². The zero-order chi connectivity index (χ0) is 12.3. The van der Waals surface area contributed by atoms with Crippen molar-refractivity contribution >= 4 is 11.8 Å². The second-order valence-electron chi connectivity index (χ2n) is 2.81. The molecule has 0 aromatic heterocycles. The van der Waals surface area contributed by atoms with Crippen LogP contribution in [0.5, 0.6) is 5.75 Å². The van der Waals surface area contributed by atoms with Crippen molar-refractivity contribution in [1.29, 1.82) is 0 Å². The van der Waals surface area contributed by atoms with Crippen LogP contribution in [-0.2, 0) is 4.79 Å². The highest BCUT2D eigenvalue weighted by Gasteiger charge is 2.23. The summed E-state index contributed by atoms with van der Waals surface area (Å²) in [4.78, 5) is 21.2. The highest BCUT2D eigenvalue weighted by molar-refractivity contribution is 6.39. The first-order chi connectivity index (χ1) is 7.49. The maximum atomic E-state index is 13.3. The van der Waals surface area contributed by atoms with E-state index in [9.17, 15) is 18.4 Å². The Morgan fingerprint density at radius 2 is 1.94 bits per heavy atom. The first-order valence-electron chi connectivity index (χ1n) is 4.37. The number of Topliss-reactive ketones (excluding diaryl/α,β-unsaturated/α-hetero) is 1. The number of carboxylic acids is 1. The molecule has 0 amide bonds. The van der Waals surface area contributed by atoms with E-state index in [0.29, 0.717) is 0 Å². The maximum Gasteiger partial charge on any atom is 0.377 e. The summed E-state index contributed by atoms with van der Waals surface area (Å²) >= 11 is 0. The van der Waals surface area contributed by atoms with Crippen molar-refractivity contribution < 1.29 is 28.2 Å². The number of aliphatic carboxylic acids is 1. The Morgan fingerprint density at radius 3 is 2.44 bits per heavy atom. The molecule has 0 aliphatic rings. The standard InChI is InChI=1S/C10H8F2O4/c1-2-16-6-4-3-5(7(11)8(6)12)9(13)10(14)15/h3-4H,2H2,1H3,(H,14,15). The van der Waals surface area contributed by atoms with Gasteiger partial charge >= 0.3 is 5.97 Å². The molecule has 0 aliphatic carbocycles. The maximum absolute atomic E-state index is 13.3. The second kappa shape index (κ2) is 4.69. The number of hydrogen-bond acceptors (Lipinski definition) is 3. The predicted molar refractivity (Wildman–Crippen MR) is 49.5 cm³/mol. The van der Waals surface area contributed by atoms with Crippen molar-refractivity contribution in [3.8, 4) is 5.75 Å². The van der Waals surface area contributed by atoms with Gasteiger partial charge in [-0.1, -0.05) is 0 Å². The quantitative estimate of drug-likeness (QED) is 0.630. The Hall–Kier alpha value is -1.98. The molecule has 16 heavy (non-hydrogen) atoms. The number of hydrogen-bond donors (Lipinski definition) is 1. The van der Waals surface area contributed by atoms with E-state index >= 15 is 0 Å². The van der Waals surface area contributed by atoms with Gasteiger partial charge in [-0.15, -0.1) is 0 Å².